The molecular formula is C15H16O3. The van der Waals surface area contributed by atoms with Gasteiger partial charge in [-0.3, -0.25) is 0 Å². The molecule has 0 saturated heterocycles. The van der Waals surface area contributed by atoms with E-state index in [0.29, 0.717) is 0 Å². The van der Waals surface area contributed by atoms with E-state index < -0.39 is 5.60 Å². The van der Waals surface area contributed by atoms with Crippen molar-refractivity contribution in [3.8, 4) is 22.6 Å². The lowest BCUT2D eigenvalue weighted by Gasteiger charge is -2.18. The molecule has 0 saturated carbocycles. The van der Waals surface area contributed by atoms with Gasteiger partial charge in [-0.25, -0.2) is 0 Å². The van der Waals surface area contributed by atoms with Gasteiger partial charge < -0.3 is 15.3 Å². The van der Waals surface area contributed by atoms with Gasteiger partial charge in [0.25, 0.3) is 0 Å². The molecule has 2 aromatic carbocycles. The summed E-state index contributed by atoms with van der Waals surface area (Å²) in [6.45, 7) is 3.45. The Kier molecular flexibility index (Phi) is 3.01. The van der Waals surface area contributed by atoms with E-state index in [1.54, 1.807) is 19.9 Å². The van der Waals surface area contributed by atoms with Crippen LogP contribution in [0.4, 0.5) is 0 Å². The van der Waals surface area contributed by atoms with Crippen LogP contribution in [0.1, 0.15) is 19.4 Å². The molecule has 3 heteroatoms. The Balaban J connectivity index is 2.48. The zero-order valence-electron chi connectivity index (χ0n) is 10.4. The molecule has 0 unspecified atom stereocenters. The summed E-state index contributed by atoms with van der Waals surface area (Å²) in [7, 11) is 0. The first-order valence-corrected chi connectivity index (χ1v) is 5.73. The van der Waals surface area contributed by atoms with Crippen LogP contribution in [0.25, 0.3) is 11.1 Å². The smallest absolute Gasteiger partial charge is 0.158 e. The van der Waals surface area contributed by atoms with Crippen LogP contribution in [0.3, 0.4) is 0 Å². The maximum Gasteiger partial charge on any atom is 0.158 e. The van der Waals surface area contributed by atoms with Gasteiger partial charge >= 0.3 is 0 Å². The van der Waals surface area contributed by atoms with Crippen molar-refractivity contribution in [1.82, 2.24) is 0 Å². The van der Waals surface area contributed by atoms with Gasteiger partial charge in [0.15, 0.2) is 11.5 Å². The number of phenolic OH excluding ortho intramolecular Hbond substituents is 2. The lowest BCUT2D eigenvalue weighted by molar-refractivity contribution is 0.0786. The first kappa shape index (κ1) is 12.5. The molecule has 0 heterocycles. The molecule has 0 aliphatic carbocycles. The van der Waals surface area contributed by atoms with Crippen molar-refractivity contribution >= 4 is 0 Å². The Hall–Kier alpha value is -2.00. The van der Waals surface area contributed by atoms with Crippen LogP contribution in [-0.2, 0) is 5.60 Å². The highest BCUT2D eigenvalue weighted by molar-refractivity contribution is 5.67. The second kappa shape index (κ2) is 4.35. The van der Waals surface area contributed by atoms with Gasteiger partial charge in [0.2, 0.25) is 0 Å². The van der Waals surface area contributed by atoms with Crippen LogP contribution in [0.15, 0.2) is 42.5 Å². The fourth-order valence-electron chi connectivity index (χ4n) is 1.78. The van der Waals surface area contributed by atoms with Crippen molar-refractivity contribution in [3.63, 3.8) is 0 Å². The SMILES string of the molecule is CC(C)(O)c1cccc(-c2ccc(O)c(O)c2)c1. The molecule has 3 nitrogen and oxygen atoms in total. The normalized spacial score (nSPS) is 11.5. The summed E-state index contributed by atoms with van der Waals surface area (Å²) >= 11 is 0. The molecular weight excluding hydrogens is 228 g/mol. The van der Waals surface area contributed by atoms with Crippen molar-refractivity contribution < 1.29 is 15.3 Å². The zero-order valence-corrected chi connectivity index (χ0v) is 10.4. The second-order valence-electron chi connectivity index (χ2n) is 4.84. The molecule has 0 aliphatic heterocycles. The first-order chi connectivity index (χ1) is 8.38. The van der Waals surface area contributed by atoms with Gasteiger partial charge in [-0.15, -0.1) is 0 Å². The highest BCUT2D eigenvalue weighted by atomic mass is 16.3. The fourth-order valence-corrected chi connectivity index (χ4v) is 1.78. The van der Waals surface area contributed by atoms with Crippen LogP contribution < -0.4 is 0 Å². The van der Waals surface area contributed by atoms with Crippen molar-refractivity contribution in [2.24, 2.45) is 0 Å². The largest absolute Gasteiger partial charge is 0.504 e. The molecule has 0 amide bonds. The van der Waals surface area contributed by atoms with Crippen molar-refractivity contribution in [2.75, 3.05) is 0 Å². The maximum atomic E-state index is 9.97. The topological polar surface area (TPSA) is 60.7 Å². The number of benzene rings is 2. The maximum absolute atomic E-state index is 9.97. The molecule has 2 rings (SSSR count). The molecule has 0 atom stereocenters. The van der Waals surface area contributed by atoms with Crippen LogP contribution in [0, 0.1) is 0 Å². The number of hydrogen-bond donors (Lipinski definition) is 3. The minimum atomic E-state index is -0.908. The van der Waals surface area contributed by atoms with Crippen LogP contribution >= 0.6 is 0 Å². The average molecular weight is 244 g/mol. The van der Waals surface area contributed by atoms with Crippen LogP contribution in [0.2, 0.25) is 0 Å². The molecule has 0 spiro atoms. The predicted octanol–water partition coefficient (Wildman–Crippen LogP) is 2.99. The third-order valence-corrected chi connectivity index (χ3v) is 2.88. The van der Waals surface area contributed by atoms with E-state index in [1.165, 1.54) is 12.1 Å². The predicted molar refractivity (Wildman–Crippen MR) is 70.5 cm³/mol. The Bertz CT molecular complexity index is 568. The van der Waals surface area contributed by atoms with Gasteiger partial charge in [-0.2, -0.15) is 0 Å². The summed E-state index contributed by atoms with van der Waals surface area (Å²) in [5.41, 5.74) is 1.56. The van der Waals surface area contributed by atoms with Crippen molar-refractivity contribution in [3.05, 3.63) is 48.0 Å². The molecule has 2 aromatic rings. The lowest BCUT2D eigenvalue weighted by atomic mass is 9.94. The second-order valence-corrected chi connectivity index (χ2v) is 4.84. The summed E-state index contributed by atoms with van der Waals surface area (Å²) in [4.78, 5) is 0. The Morgan fingerprint density at radius 3 is 2.11 bits per heavy atom. The van der Waals surface area contributed by atoms with Gasteiger partial charge in [-0.05, 0) is 48.7 Å². The van der Waals surface area contributed by atoms with E-state index in [0.717, 1.165) is 16.7 Å². The molecule has 0 fully saturated rings. The number of aliphatic hydroxyl groups is 1. The van der Waals surface area contributed by atoms with Crippen LogP contribution in [-0.4, -0.2) is 15.3 Å². The minimum absolute atomic E-state index is 0.141. The summed E-state index contributed by atoms with van der Waals surface area (Å²) in [6.07, 6.45) is 0. The zero-order chi connectivity index (χ0) is 13.3. The van der Waals surface area contributed by atoms with E-state index >= 15 is 0 Å². The summed E-state index contributed by atoms with van der Waals surface area (Å²) in [6, 6.07) is 12.1. The third kappa shape index (κ3) is 2.46. The molecule has 3 N–H and O–H groups in total. The first-order valence-electron chi connectivity index (χ1n) is 5.73. The van der Waals surface area contributed by atoms with Gasteiger partial charge in [-0.1, -0.05) is 24.3 Å². The minimum Gasteiger partial charge on any atom is -0.504 e. The standard InChI is InChI=1S/C15H16O3/c1-15(2,18)12-5-3-4-10(8-12)11-6-7-13(16)14(17)9-11/h3-9,16-18H,1-2H3. The fraction of sp³-hybridized carbons (Fsp3) is 0.200. The number of hydrogen-bond acceptors (Lipinski definition) is 3. The number of aromatic hydroxyl groups is 2. The highest BCUT2D eigenvalue weighted by Gasteiger charge is 2.16. The molecule has 0 bridgehead atoms. The Morgan fingerprint density at radius 2 is 1.50 bits per heavy atom. The quantitative estimate of drug-likeness (QED) is 0.712. The van der Waals surface area contributed by atoms with E-state index in [4.69, 9.17) is 0 Å². The molecule has 0 aliphatic rings. The van der Waals surface area contributed by atoms with Gasteiger partial charge in [0.05, 0.1) is 5.60 Å². The summed E-state index contributed by atoms with van der Waals surface area (Å²) in [5, 5.41) is 28.7. The number of rotatable bonds is 2. The molecule has 18 heavy (non-hydrogen) atoms. The van der Waals surface area contributed by atoms with Gasteiger partial charge in [0, 0.05) is 0 Å². The van der Waals surface area contributed by atoms with Gasteiger partial charge in [0.1, 0.15) is 0 Å². The van der Waals surface area contributed by atoms with E-state index in [2.05, 4.69) is 0 Å². The number of phenols is 2. The average Bonchev–Trinajstić information content (AvgIpc) is 2.32. The third-order valence-electron chi connectivity index (χ3n) is 2.88. The molecule has 0 aromatic heterocycles. The Morgan fingerprint density at radius 1 is 0.833 bits per heavy atom. The molecule has 0 radical (unpaired) electrons. The van der Waals surface area contributed by atoms with E-state index in [-0.39, 0.29) is 11.5 Å². The van der Waals surface area contributed by atoms with E-state index in [1.807, 2.05) is 24.3 Å². The molecule has 94 valence electrons. The van der Waals surface area contributed by atoms with Crippen LogP contribution in [0.5, 0.6) is 11.5 Å². The summed E-state index contributed by atoms with van der Waals surface area (Å²) in [5.74, 6) is -0.293. The monoisotopic (exact) mass is 244 g/mol. The van der Waals surface area contributed by atoms with Crippen molar-refractivity contribution in [2.45, 2.75) is 19.4 Å². The summed E-state index contributed by atoms with van der Waals surface area (Å²) < 4.78 is 0. The van der Waals surface area contributed by atoms with Crippen molar-refractivity contribution in [1.29, 1.82) is 0 Å². The van der Waals surface area contributed by atoms with E-state index in [9.17, 15) is 15.3 Å². The lowest BCUT2D eigenvalue weighted by Crippen LogP contribution is -2.15. The Labute approximate surface area is 106 Å². The highest BCUT2D eigenvalue weighted by Crippen LogP contribution is 2.32.